The first-order valence-electron chi connectivity index (χ1n) is 6.45. The van der Waals surface area contributed by atoms with Crippen LogP contribution in [0, 0.1) is 5.92 Å². The van der Waals surface area contributed by atoms with Crippen molar-refractivity contribution in [3.8, 4) is 0 Å². The summed E-state index contributed by atoms with van der Waals surface area (Å²) >= 11 is 0. The SMILES string of the molecule is O=C(O)CC1CN(CN2C(=O)c3ccccc3C2=O)C1. The average molecular weight is 274 g/mol. The number of amides is 2. The first-order chi connectivity index (χ1) is 9.56. The lowest BCUT2D eigenvalue weighted by Gasteiger charge is -2.40. The molecule has 1 saturated heterocycles. The summed E-state index contributed by atoms with van der Waals surface area (Å²) in [6.07, 6.45) is 0.138. The number of rotatable bonds is 4. The normalized spacial score (nSPS) is 19.1. The molecule has 2 heterocycles. The number of likely N-dealkylation sites (tertiary alicyclic amines) is 1. The highest BCUT2D eigenvalue weighted by Crippen LogP contribution is 2.25. The van der Waals surface area contributed by atoms with Gasteiger partial charge < -0.3 is 5.11 Å². The highest BCUT2D eigenvalue weighted by Gasteiger charge is 2.38. The predicted octanol–water partition coefficient (Wildman–Crippen LogP) is 0.647. The minimum atomic E-state index is -0.810. The van der Waals surface area contributed by atoms with Gasteiger partial charge in [0.05, 0.1) is 24.2 Å². The third kappa shape index (κ3) is 2.08. The summed E-state index contributed by atoms with van der Waals surface area (Å²) in [5, 5.41) is 8.68. The molecule has 1 fully saturated rings. The van der Waals surface area contributed by atoms with E-state index in [1.807, 2.05) is 4.90 Å². The molecular weight excluding hydrogens is 260 g/mol. The smallest absolute Gasteiger partial charge is 0.303 e. The lowest BCUT2D eigenvalue weighted by Crippen LogP contribution is -2.53. The van der Waals surface area contributed by atoms with Crippen LogP contribution in [0.4, 0.5) is 0 Å². The number of hydrogen-bond acceptors (Lipinski definition) is 4. The second-order valence-electron chi connectivity index (χ2n) is 5.23. The van der Waals surface area contributed by atoms with Crippen molar-refractivity contribution in [2.45, 2.75) is 6.42 Å². The van der Waals surface area contributed by atoms with Crippen molar-refractivity contribution in [3.05, 3.63) is 35.4 Å². The van der Waals surface area contributed by atoms with Crippen LogP contribution < -0.4 is 0 Å². The Hall–Kier alpha value is -2.21. The number of benzene rings is 1. The molecule has 0 bridgehead atoms. The maximum absolute atomic E-state index is 12.1. The van der Waals surface area contributed by atoms with Gasteiger partial charge >= 0.3 is 5.97 Å². The van der Waals surface area contributed by atoms with Gasteiger partial charge in [0.25, 0.3) is 11.8 Å². The van der Waals surface area contributed by atoms with E-state index < -0.39 is 5.97 Å². The van der Waals surface area contributed by atoms with Crippen LogP contribution in [0.1, 0.15) is 27.1 Å². The van der Waals surface area contributed by atoms with Gasteiger partial charge in [0.2, 0.25) is 0 Å². The van der Waals surface area contributed by atoms with Crippen molar-refractivity contribution in [1.82, 2.24) is 9.80 Å². The van der Waals surface area contributed by atoms with Crippen molar-refractivity contribution in [3.63, 3.8) is 0 Å². The van der Waals surface area contributed by atoms with Crippen LogP contribution >= 0.6 is 0 Å². The van der Waals surface area contributed by atoms with Crippen LogP contribution in [0.2, 0.25) is 0 Å². The highest BCUT2D eigenvalue weighted by molar-refractivity contribution is 6.21. The van der Waals surface area contributed by atoms with E-state index in [9.17, 15) is 14.4 Å². The summed E-state index contributed by atoms with van der Waals surface area (Å²) in [4.78, 5) is 38.0. The number of aliphatic carboxylic acids is 1. The number of hydrogen-bond donors (Lipinski definition) is 1. The average Bonchev–Trinajstić information content (AvgIpc) is 2.61. The minimum Gasteiger partial charge on any atom is -0.481 e. The molecule has 2 amide bonds. The maximum Gasteiger partial charge on any atom is 0.303 e. The molecule has 2 aliphatic rings. The van der Waals surface area contributed by atoms with E-state index in [1.165, 1.54) is 4.90 Å². The Bertz CT molecular complexity index is 558. The van der Waals surface area contributed by atoms with E-state index >= 15 is 0 Å². The summed E-state index contributed by atoms with van der Waals surface area (Å²) in [5.41, 5.74) is 0.889. The Morgan fingerprint density at radius 1 is 1.15 bits per heavy atom. The number of carbonyl (C=O) groups excluding carboxylic acids is 2. The quantitative estimate of drug-likeness (QED) is 0.815. The third-order valence-corrected chi connectivity index (χ3v) is 3.72. The fourth-order valence-corrected chi connectivity index (χ4v) is 2.74. The zero-order valence-electron chi connectivity index (χ0n) is 10.8. The monoisotopic (exact) mass is 274 g/mol. The van der Waals surface area contributed by atoms with Gasteiger partial charge in [0, 0.05) is 13.1 Å². The molecule has 6 heteroatoms. The van der Waals surface area contributed by atoms with Crippen LogP contribution in [-0.2, 0) is 4.79 Å². The van der Waals surface area contributed by atoms with E-state index in [1.54, 1.807) is 24.3 Å². The van der Waals surface area contributed by atoms with E-state index in [2.05, 4.69) is 0 Å². The fourth-order valence-electron chi connectivity index (χ4n) is 2.74. The fraction of sp³-hybridized carbons (Fsp3) is 0.357. The summed E-state index contributed by atoms with van der Waals surface area (Å²) in [6, 6.07) is 6.78. The second-order valence-corrected chi connectivity index (χ2v) is 5.23. The maximum atomic E-state index is 12.1. The van der Waals surface area contributed by atoms with E-state index in [0.29, 0.717) is 24.2 Å². The molecule has 20 heavy (non-hydrogen) atoms. The van der Waals surface area contributed by atoms with Crippen molar-refractivity contribution < 1.29 is 19.5 Å². The molecule has 0 saturated carbocycles. The highest BCUT2D eigenvalue weighted by atomic mass is 16.4. The molecule has 104 valence electrons. The van der Waals surface area contributed by atoms with Crippen LogP contribution in [0.3, 0.4) is 0 Å². The second kappa shape index (κ2) is 4.72. The molecule has 1 aromatic rings. The van der Waals surface area contributed by atoms with Gasteiger partial charge in [-0.1, -0.05) is 12.1 Å². The van der Waals surface area contributed by atoms with Gasteiger partial charge in [0.15, 0.2) is 0 Å². The standard InChI is InChI=1S/C14H14N2O4/c17-12(18)5-9-6-15(7-9)8-16-13(19)10-3-1-2-4-11(10)14(16)20/h1-4,9H,5-8H2,(H,17,18). The summed E-state index contributed by atoms with van der Waals surface area (Å²) in [5.74, 6) is -1.24. The Morgan fingerprint density at radius 3 is 2.20 bits per heavy atom. The molecule has 3 rings (SSSR count). The molecule has 0 aliphatic carbocycles. The molecule has 0 atom stereocenters. The number of carboxylic acid groups (broad SMARTS) is 1. The number of imide groups is 1. The van der Waals surface area contributed by atoms with Crippen LogP contribution in [0.5, 0.6) is 0 Å². The lowest BCUT2D eigenvalue weighted by atomic mass is 9.97. The molecule has 1 aromatic carbocycles. The number of nitrogens with zero attached hydrogens (tertiary/aromatic N) is 2. The molecular formula is C14H14N2O4. The van der Waals surface area contributed by atoms with Crippen molar-refractivity contribution in [2.75, 3.05) is 19.8 Å². The van der Waals surface area contributed by atoms with Crippen LogP contribution in [0.25, 0.3) is 0 Å². The van der Waals surface area contributed by atoms with Crippen molar-refractivity contribution >= 4 is 17.8 Å². The topological polar surface area (TPSA) is 77.9 Å². The van der Waals surface area contributed by atoms with Gasteiger partial charge in [-0.2, -0.15) is 0 Å². The van der Waals surface area contributed by atoms with Gasteiger partial charge in [0.1, 0.15) is 0 Å². The van der Waals surface area contributed by atoms with Crippen LogP contribution in [-0.4, -0.2) is 52.4 Å². The summed E-state index contributed by atoms with van der Waals surface area (Å²) < 4.78 is 0. The Labute approximate surface area is 115 Å². The molecule has 0 radical (unpaired) electrons. The summed E-state index contributed by atoms with van der Waals surface area (Å²) in [6.45, 7) is 1.46. The first-order valence-corrected chi connectivity index (χ1v) is 6.45. The van der Waals surface area contributed by atoms with Gasteiger partial charge in [-0.3, -0.25) is 24.2 Å². The van der Waals surface area contributed by atoms with Crippen molar-refractivity contribution in [2.24, 2.45) is 5.92 Å². The molecule has 6 nitrogen and oxygen atoms in total. The largest absolute Gasteiger partial charge is 0.481 e. The van der Waals surface area contributed by atoms with Gasteiger partial charge in [-0.15, -0.1) is 0 Å². The van der Waals surface area contributed by atoms with Crippen LogP contribution in [0.15, 0.2) is 24.3 Å². The first kappa shape index (κ1) is 12.8. The molecule has 2 aliphatic heterocycles. The zero-order valence-corrected chi connectivity index (χ0v) is 10.8. The Balaban J connectivity index is 1.62. The minimum absolute atomic E-state index is 0.114. The summed E-state index contributed by atoms with van der Waals surface area (Å²) in [7, 11) is 0. The van der Waals surface area contributed by atoms with Gasteiger partial charge in [-0.25, -0.2) is 0 Å². The zero-order chi connectivity index (χ0) is 14.3. The Morgan fingerprint density at radius 2 is 1.70 bits per heavy atom. The third-order valence-electron chi connectivity index (χ3n) is 3.72. The van der Waals surface area contributed by atoms with Crippen molar-refractivity contribution in [1.29, 1.82) is 0 Å². The number of carboxylic acids is 1. The Kier molecular flexibility index (Phi) is 3.02. The molecule has 0 spiro atoms. The van der Waals surface area contributed by atoms with E-state index in [-0.39, 0.29) is 30.8 Å². The number of carbonyl (C=O) groups is 3. The van der Waals surface area contributed by atoms with Gasteiger partial charge in [-0.05, 0) is 18.1 Å². The molecule has 0 aromatic heterocycles. The molecule has 1 N–H and O–H groups in total. The van der Waals surface area contributed by atoms with E-state index in [4.69, 9.17) is 5.11 Å². The molecule has 0 unspecified atom stereocenters. The lowest BCUT2D eigenvalue weighted by molar-refractivity contribution is -0.139. The van der Waals surface area contributed by atoms with E-state index in [0.717, 1.165) is 0 Å². The number of fused-ring (bicyclic) bond motifs is 1. The predicted molar refractivity (Wildman–Crippen MR) is 69.1 cm³/mol.